The fourth-order valence-electron chi connectivity index (χ4n) is 2.91. The van der Waals surface area contributed by atoms with E-state index < -0.39 is 6.10 Å². The highest BCUT2D eigenvalue weighted by Crippen LogP contribution is 2.22. The van der Waals surface area contributed by atoms with E-state index in [0.29, 0.717) is 19.4 Å². The molecule has 2 aromatic heterocycles. The smallest absolute Gasteiger partial charge is 0.228 e. The predicted molar refractivity (Wildman–Crippen MR) is 82.0 cm³/mol. The van der Waals surface area contributed by atoms with Crippen LogP contribution in [0, 0.1) is 0 Å². The van der Waals surface area contributed by atoms with E-state index in [-0.39, 0.29) is 18.4 Å². The number of aliphatic hydroxyl groups is 1. The maximum absolute atomic E-state index is 12.5. The summed E-state index contributed by atoms with van der Waals surface area (Å²) >= 11 is 0. The molecule has 1 N–H and O–H groups in total. The second-order valence-corrected chi connectivity index (χ2v) is 5.57. The van der Waals surface area contributed by atoms with E-state index in [4.69, 9.17) is 0 Å². The zero-order chi connectivity index (χ0) is 15.4. The fraction of sp³-hybridized carbons (Fsp3) is 0.353. The average Bonchev–Trinajstić information content (AvgIpc) is 2.90. The van der Waals surface area contributed by atoms with Crippen LogP contribution in [0.2, 0.25) is 0 Å². The Labute approximate surface area is 129 Å². The predicted octanol–water partition coefficient (Wildman–Crippen LogP) is 1.22. The van der Waals surface area contributed by atoms with Crippen molar-refractivity contribution in [2.45, 2.75) is 31.4 Å². The van der Waals surface area contributed by atoms with Gasteiger partial charge in [-0.05, 0) is 36.6 Å². The molecule has 0 saturated carbocycles. The number of rotatable bonds is 4. The third kappa shape index (κ3) is 3.31. The minimum Gasteiger partial charge on any atom is -0.391 e. The fourth-order valence-corrected chi connectivity index (χ4v) is 2.91. The first kappa shape index (κ1) is 14.7. The number of nitrogens with zero attached hydrogens (tertiary/aromatic N) is 3. The van der Waals surface area contributed by atoms with Crippen molar-refractivity contribution >= 4 is 5.91 Å². The lowest BCUT2D eigenvalue weighted by Gasteiger charge is -2.26. The van der Waals surface area contributed by atoms with E-state index in [1.807, 2.05) is 30.3 Å². The maximum atomic E-state index is 12.5. The monoisotopic (exact) mass is 297 g/mol. The Kier molecular flexibility index (Phi) is 4.44. The Morgan fingerprint density at radius 1 is 1.27 bits per heavy atom. The summed E-state index contributed by atoms with van der Waals surface area (Å²) in [5.74, 6) is 0.0177. The topological polar surface area (TPSA) is 66.3 Å². The van der Waals surface area contributed by atoms with Crippen molar-refractivity contribution in [2.24, 2.45) is 0 Å². The molecule has 0 unspecified atom stereocenters. The van der Waals surface area contributed by atoms with Crippen LogP contribution in [0.25, 0.3) is 0 Å². The van der Waals surface area contributed by atoms with Crippen LogP contribution in [-0.2, 0) is 17.6 Å². The molecule has 114 valence electrons. The van der Waals surface area contributed by atoms with E-state index in [9.17, 15) is 9.90 Å². The molecular weight excluding hydrogens is 278 g/mol. The number of carbonyl (C=O) groups excluding carboxylic acids is 1. The summed E-state index contributed by atoms with van der Waals surface area (Å²) in [6.45, 7) is 0.595. The lowest BCUT2D eigenvalue weighted by atomic mass is 10.0. The maximum Gasteiger partial charge on any atom is 0.228 e. The third-order valence-electron chi connectivity index (χ3n) is 4.06. The van der Waals surface area contributed by atoms with Gasteiger partial charge in [0, 0.05) is 30.8 Å². The molecule has 1 aliphatic heterocycles. The largest absolute Gasteiger partial charge is 0.391 e. The molecule has 0 spiro atoms. The zero-order valence-electron chi connectivity index (χ0n) is 12.3. The number of likely N-dealkylation sites (tertiary alicyclic amines) is 1. The van der Waals surface area contributed by atoms with Gasteiger partial charge in [-0.25, -0.2) is 0 Å². The molecule has 0 aliphatic carbocycles. The van der Waals surface area contributed by atoms with Gasteiger partial charge < -0.3 is 10.0 Å². The summed E-state index contributed by atoms with van der Waals surface area (Å²) in [5.41, 5.74) is 1.79. The molecule has 2 atom stereocenters. The molecule has 5 heteroatoms. The summed E-state index contributed by atoms with van der Waals surface area (Å²) < 4.78 is 0. The van der Waals surface area contributed by atoms with Crippen LogP contribution in [0.15, 0.2) is 48.9 Å². The lowest BCUT2D eigenvalue weighted by Crippen LogP contribution is -2.41. The lowest BCUT2D eigenvalue weighted by molar-refractivity contribution is -0.132. The highest BCUT2D eigenvalue weighted by Gasteiger charge is 2.35. The number of aliphatic hydroxyl groups excluding tert-OH is 1. The molecule has 0 radical (unpaired) electrons. The van der Waals surface area contributed by atoms with Crippen molar-refractivity contribution in [3.63, 3.8) is 0 Å². The summed E-state index contributed by atoms with van der Waals surface area (Å²) in [6, 6.07) is 9.22. The molecule has 1 saturated heterocycles. The number of pyridine rings is 2. The summed E-state index contributed by atoms with van der Waals surface area (Å²) in [4.78, 5) is 22.6. The van der Waals surface area contributed by atoms with Gasteiger partial charge in [-0.3, -0.25) is 14.8 Å². The van der Waals surface area contributed by atoms with Gasteiger partial charge in [0.1, 0.15) is 0 Å². The molecular formula is C17H19N3O2. The molecule has 1 amide bonds. The van der Waals surface area contributed by atoms with Crippen molar-refractivity contribution < 1.29 is 9.90 Å². The average molecular weight is 297 g/mol. The Balaban J connectivity index is 1.70. The van der Waals surface area contributed by atoms with Crippen molar-refractivity contribution in [2.75, 3.05) is 6.54 Å². The van der Waals surface area contributed by atoms with E-state index in [1.165, 1.54) is 0 Å². The third-order valence-corrected chi connectivity index (χ3v) is 4.06. The Bertz CT molecular complexity index is 618. The van der Waals surface area contributed by atoms with Gasteiger partial charge in [0.05, 0.1) is 18.6 Å². The molecule has 1 aliphatic rings. The van der Waals surface area contributed by atoms with Gasteiger partial charge in [-0.1, -0.05) is 12.1 Å². The highest BCUT2D eigenvalue weighted by atomic mass is 16.3. The Morgan fingerprint density at radius 3 is 2.91 bits per heavy atom. The van der Waals surface area contributed by atoms with E-state index in [1.54, 1.807) is 23.5 Å². The molecule has 3 heterocycles. The van der Waals surface area contributed by atoms with Crippen LogP contribution in [0.3, 0.4) is 0 Å². The molecule has 3 rings (SSSR count). The summed E-state index contributed by atoms with van der Waals surface area (Å²) in [7, 11) is 0. The van der Waals surface area contributed by atoms with Gasteiger partial charge in [0.15, 0.2) is 0 Å². The summed E-state index contributed by atoms with van der Waals surface area (Å²) in [5, 5.41) is 10.2. The van der Waals surface area contributed by atoms with Crippen LogP contribution in [-0.4, -0.2) is 44.6 Å². The number of hydrogen-bond acceptors (Lipinski definition) is 4. The van der Waals surface area contributed by atoms with Gasteiger partial charge in [-0.15, -0.1) is 0 Å². The molecule has 2 aromatic rings. The molecule has 22 heavy (non-hydrogen) atoms. The van der Waals surface area contributed by atoms with Gasteiger partial charge in [0.2, 0.25) is 5.91 Å². The normalized spacial score (nSPS) is 21.0. The number of carbonyl (C=O) groups is 1. The summed E-state index contributed by atoms with van der Waals surface area (Å²) in [6.07, 6.45) is 6.24. The second kappa shape index (κ2) is 6.66. The standard InChI is InChI=1S/C17H19N3O2/c21-16-6-9-20(15(16)10-13-4-3-7-18-12-13)17(22)11-14-5-1-2-8-19-14/h1-5,7-8,12,15-16,21H,6,9-11H2/t15-,16+/m0/s1. The first-order chi connectivity index (χ1) is 10.7. The van der Waals surface area contributed by atoms with Crippen LogP contribution < -0.4 is 0 Å². The van der Waals surface area contributed by atoms with E-state index in [0.717, 1.165) is 11.3 Å². The zero-order valence-corrected chi connectivity index (χ0v) is 12.3. The van der Waals surface area contributed by atoms with Crippen LogP contribution in [0.4, 0.5) is 0 Å². The molecule has 5 nitrogen and oxygen atoms in total. The minimum atomic E-state index is -0.479. The van der Waals surface area contributed by atoms with Crippen molar-refractivity contribution in [3.05, 3.63) is 60.2 Å². The Hall–Kier alpha value is -2.27. The first-order valence-electron chi connectivity index (χ1n) is 7.50. The number of amides is 1. The highest BCUT2D eigenvalue weighted by molar-refractivity contribution is 5.79. The quantitative estimate of drug-likeness (QED) is 0.921. The second-order valence-electron chi connectivity index (χ2n) is 5.57. The first-order valence-corrected chi connectivity index (χ1v) is 7.50. The molecule has 0 aromatic carbocycles. The number of hydrogen-bond donors (Lipinski definition) is 1. The SMILES string of the molecule is O=C(Cc1ccccn1)N1CC[C@@H](O)[C@@H]1Cc1cccnc1. The van der Waals surface area contributed by atoms with Gasteiger partial charge in [0.25, 0.3) is 0 Å². The van der Waals surface area contributed by atoms with Crippen molar-refractivity contribution in [3.8, 4) is 0 Å². The Morgan fingerprint density at radius 2 is 2.18 bits per heavy atom. The minimum absolute atomic E-state index is 0.0177. The van der Waals surface area contributed by atoms with E-state index >= 15 is 0 Å². The molecule has 1 fully saturated rings. The van der Waals surface area contributed by atoms with Crippen molar-refractivity contribution in [1.29, 1.82) is 0 Å². The van der Waals surface area contributed by atoms with Gasteiger partial charge >= 0.3 is 0 Å². The van der Waals surface area contributed by atoms with Gasteiger partial charge in [-0.2, -0.15) is 0 Å². The van der Waals surface area contributed by atoms with Crippen LogP contribution >= 0.6 is 0 Å². The van der Waals surface area contributed by atoms with Crippen LogP contribution in [0.1, 0.15) is 17.7 Å². The molecule has 0 bridgehead atoms. The van der Waals surface area contributed by atoms with Crippen LogP contribution in [0.5, 0.6) is 0 Å². The van der Waals surface area contributed by atoms with E-state index in [2.05, 4.69) is 9.97 Å². The number of aromatic nitrogens is 2. The van der Waals surface area contributed by atoms with Crippen molar-refractivity contribution in [1.82, 2.24) is 14.9 Å².